The molecule has 0 radical (unpaired) electrons. The van der Waals surface area contributed by atoms with Gasteiger partial charge in [0.15, 0.2) is 5.69 Å². The standard InChI is InChI=1S/C15H14F2N4O3/c16-13(17)11-7-12(20-19-11)14(22)18-10-3-1-9(2-4-10)8-21-5-6-24-15(21)23/h1-4,7,13H,5-6,8H2,(H,18,22)(H,19,20). The molecule has 0 atom stereocenters. The van der Waals surface area contributed by atoms with Crippen molar-refractivity contribution in [1.29, 1.82) is 0 Å². The third-order valence-corrected chi connectivity index (χ3v) is 3.50. The number of alkyl halides is 2. The van der Waals surface area contributed by atoms with Crippen molar-refractivity contribution in [2.75, 3.05) is 18.5 Å². The summed E-state index contributed by atoms with van der Waals surface area (Å²) >= 11 is 0. The number of hydrogen-bond donors (Lipinski definition) is 2. The number of aromatic nitrogens is 2. The zero-order valence-electron chi connectivity index (χ0n) is 12.5. The van der Waals surface area contributed by atoms with E-state index in [9.17, 15) is 18.4 Å². The van der Waals surface area contributed by atoms with Crippen molar-refractivity contribution in [2.45, 2.75) is 13.0 Å². The molecule has 9 heteroatoms. The zero-order valence-corrected chi connectivity index (χ0v) is 12.5. The lowest BCUT2D eigenvalue weighted by molar-refractivity contribution is 0.102. The van der Waals surface area contributed by atoms with E-state index in [1.807, 2.05) is 0 Å². The lowest BCUT2D eigenvalue weighted by Crippen LogP contribution is -2.23. The summed E-state index contributed by atoms with van der Waals surface area (Å²) < 4.78 is 29.8. The highest BCUT2D eigenvalue weighted by atomic mass is 19.3. The van der Waals surface area contributed by atoms with Crippen LogP contribution in [-0.2, 0) is 11.3 Å². The quantitative estimate of drug-likeness (QED) is 0.878. The van der Waals surface area contributed by atoms with Gasteiger partial charge in [-0.05, 0) is 23.8 Å². The molecule has 2 heterocycles. The fourth-order valence-electron chi connectivity index (χ4n) is 2.24. The highest BCUT2D eigenvalue weighted by Gasteiger charge is 2.21. The van der Waals surface area contributed by atoms with Crippen LogP contribution in [0.15, 0.2) is 30.3 Å². The maximum absolute atomic E-state index is 12.5. The number of ether oxygens (including phenoxy) is 1. The van der Waals surface area contributed by atoms with Crippen LogP contribution in [-0.4, -0.2) is 40.2 Å². The molecule has 0 aliphatic carbocycles. The number of cyclic esters (lactones) is 1. The topological polar surface area (TPSA) is 87.3 Å². The summed E-state index contributed by atoms with van der Waals surface area (Å²) in [6, 6.07) is 7.85. The Hall–Kier alpha value is -2.97. The third kappa shape index (κ3) is 3.50. The summed E-state index contributed by atoms with van der Waals surface area (Å²) in [6.45, 7) is 1.35. The summed E-state index contributed by atoms with van der Waals surface area (Å²) in [5, 5.41) is 8.24. The van der Waals surface area contributed by atoms with Gasteiger partial charge in [-0.2, -0.15) is 5.10 Å². The van der Waals surface area contributed by atoms with E-state index in [0.29, 0.717) is 25.4 Å². The average Bonchev–Trinajstić information content (AvgIpc) is 3.19. The molecule has 1 aliphatic heterocycles. The predicted octanol–water partition coefficient (Wildman–Crippen LogP) is 2.55. The van der Waals surface area contributed by atoms with E-state index in [0.717, 1.165) is 11.6 Å². The monoisotopic (exact) mass is 336 g/mol. The normalized spacial score (nSPS) is 14.1. The fourth-order valence-corrected chi connectivity index (χ4v) is 2.24. The van der Waals surface area contributed by atoms with Gasteiger partial charge in [-0.15, -0.1) is 0 Å². The van der Waals surface area contributed by atoms with Crippen LogP contribution in [0.2, 0.25) is 0 Å². The molecule has 1 saturated heterocycles. The molecule has 1 aromatic heterocycles. The second-order valence-corrected chi connectivity index (χ2v) is 5.20. The van der Waals surface area contributed by atoms with E-state index in [2.05, 4.69) is 15.5 Å². The second-order valence-electron chi connectivity index (χ2n) is 5.20. The number of H-pyrrole nitrogens is 1. The van der Waals surface area contributed by atoms with E-state index in [1.54, 1.807) is 29.2 Å². The first-order valence-electron chi connectivity index (χ1n) is 7.18. The fraction of sp³-hybridized carbons (Fsp3) is 0.267. The smallest absolute Gasteiger partial charge is 0.410 e. The lowest BCUT2D eigenvalue weighted by Gasteiger charge is -2.12. The van der Waals surface area contributed by atoms with E-state index < -0.39 is 18.0 Å². The molecule has 0 unspecified atom stereocenters. The highest BCUT2D eigenvalue weighted by molar-refractivity contribution is 6.02. The zero-order chi connectivity index (χ0) is 17.1. The minimum atomic E-state index is -2.71. The molecule has 7 nitrogen and oxygen atoms in total. The van der Waals surface area contributed by atoms with Crippen molar-refractivity contribution < 1.29 is 23.1 Å². The Bertz CT molecular complexity index is 745. The Kier molecular flexibility index (Phi) is 4.41. The summed E-state index contributed by atoms with van der Waals surface area (Å²) in [5.41, 5.74) is 0.850. The van der Waals surface area contributed by atoms with E-state index in [1.165, 1.54) is 0 Å². The van der Waals surface area contributed by atoms with Crippen LogP contribution in [0.4, 0.5) is 19.3 Å². The predicted molar refractivity (Wildman–Crippen MR) is 79.7 cm³/mol. The molecule has 0 spiro atoms. The molecule has 0 bridgehead atoms. The van der Waals surface area contributed by atoms with Crippen molar-refractivity contribution >= 4 is 17.7 Å². The molecule has 1 aromatic carbocycles. The summed E-state index contributed by atoms with van der Waals surface area (Å²) in [6.07, 6.45) is -3.06. The van der Waals surface area contributed by atoms with Gasteiger partial charge in [-0.1, -0.05) is 12.1 Å². The third-order valence-electron chi connectivity index (χ3n) is 3.50. The Morgan fingerprint density at radius 3 is 2.71 bits per heavy atom. The van der Waals surface area contributed by atoms with Gasteiger partial charge >= 0.3 is 6.09 Å². The number of halogens is 2. The number of anilines is 1. The van der Waals surface area contributed by atoms with Crippen molar-refractivity contribution in [3.63, 3.8) is 0 Å². The number of benzene rings is 1. The largest absolute Gasteiger partial charge is 0.448 e. The van der Waals surface area contributed by atoms with Gasteiger partial charge in [0.2, 0.25) is 0 Å². The molecule has 2 amide bonds. The van der Waals surface area contributed by atoms with Crippen molar-refractivity contribution in [3.8, 4) is 0 Å². The molecule has 126 valence electrons. The number of aromatic amines is 1. The minimum absolute atomic E-state index is 0.116. The lowest BCUT2D eigenvalue weighted by atomic mass is 10.2. The van der Waals surface area contributed by atoms with Crippen molar-refractivity contribution in [3.05, 3.63) is 47.3 Å². The molecule has 1 aliphatic rings. The molecule has 3 rings (SSSR count). The molecule has 24 heavy (non-hydrogen) atoms. The van der Waals surface area contributed by atoms with Gasteiger partial charge in [-0.25, -0.2) is 13.6 Å². The molecule has 2 N–H and O–H groups in total. The number of carbonyl (C=O) groups is 2. The van der Waals surface area contributed by atoms with Crippen LogP contribution in [0.25, 0.3) is 0 Å². The van der Waals surface area contributed by atoms with Gasteiger partial charge in [-0.3, -0.25) is 9.89 Å². The van der Waals surface area contributed by atoms with Gasteiger partial charge in [0, 0.05) is 12.2 Å². The Labute approximate surface area is 135 Å². The Balaban J connectivity index is 1.60. The molecule has 2 aromatic rings. The average molecular weight is 336 g/mol. The summed E-state index contributed by atoms with van der Waals surface area (Å²) in [5.74, 6) is -0.589. The van der Waals surface area contributed by atoms with Gasteiger partial charge in [0.05, 0.1) is 6.54 Å². The van der Waals surface area contributed by atoms with Crippen molar-refractivity contribution in [1.82, 2.24) is 15.1 Å². The van der Waals surface area contributed by atoms with Crippen LogP contribution in [0, 0.1) is 0 Å². The van der Waals surface area contributed by atoms with Crippen molar-refractivity contribution in [2.24, 2.45) is 0 Å². The maximum atomic E-state index is 12.5. The van der Waals surface area contributed by atoms with E-state index >= 15 is 0 Å². The van der Waals surface area contributed by atoms with Crippen LogP contribution in [0.5, 0.6) is 0 Å². The molecule has 1 fully saturated rings. The maximum Gasteiger partial charge on any atom is 0.410 e. The van der Waals surface area contributed by atoms with E-state index in [-0.39, 0.29) is 11.8 Å². The highest BCUT2D eigenvalue weighted by Crippen LogP contribution is 2.18. The van der Waals surface area contributed by atoms with Gasteiger partial charge in [0.1, 0.15) is 12.3 Å². The Morgan fingerprint density at radius 2 is 2.12 bits per heavy atom. The first-order chi connectivity index (χ1) is 11.5. The molecular formula is C15H14F2N4O3. The van der Waals surface area contributed by atoms with Crippen LogP contribution < -0.4 is 5.32 Å². The molecular weight excluding hydrogens is 322 g/mol. The number of amides is 2. The minimum Gasteiger partial charge on any atom is -0.448 e. The molecule has 0 saturated carbocycles. The van der Waals surface area contributed by atoms with Crippen LogP contribution in [0.1, 0.15) is 28.2 Å². The first kappa shape index (κ1) is 15.9. The van der Waals surface area contributed by atoms with Gasteiger partial charge in [0.25, 0.3) is 12.3 Å². The number of nitrogens with one attached hydrogen (secondary N) is 2. The number of hydrogen-bond acceptors (Lipinski definition) is 4. The van der Waals surface area contributed by atoms with E-state index in [4.69, 9.17) is 4.74 Å². The number of nitrogens with zero attached hydrogens (tertiary/aromatic N) is 2. The number of carbonyl (C=O) groups excluding carboxylic acids is 2. The van der Waals surface area contributed by atoms with Crippen LogP contribution in [0.3, 0.4) is 0 Å². The summed E-state index contributed by atoms with van der Waals surface area (Å²) in [7, 11) is 0. The Morgan fingerprint density at radius 1 is 1.38 bits per heavy atom. The SMILES string of the molecule is O=C(Nc1ccc(CN2CCOC2=O)cc1)c1cc(C(F)F)[nH]n1. The van der Waals surface area contributed by atoms with Gasteiger partial charge < -0.3 is 15.0 Å². The first-order valence-corrected chi connectivity index (χ1v) is 7.18. The second kappa shape index (κ2) is 6.65. The summed E-state index contributed by atoms with van der Waals surface area (Å²) in [4.78, 5) is 24.9. The van der Waals surface area contributed by atoms with Crippen LogP contribution >= 0.6 is 0 Å². The number of rotatable bonds is 5.